The number of hydrogen-bond donors (Lipinski definition) is 0. The summed E-state index contributed by atoms with van der Waals surface area (Å²) in [5, 5.41) is 0. The zero-order valence-electron chi connectivity index (χ0n) is 11.9. The van der Waals surface area contributed by atoms with E-state index in [1.807, 2.05) is 13.8 Å². The highest BCUT2D eigenvalue weighted by molar-refractivity contribution is 5.03. The van der Waals surface area contributed by atoms with Gasteiger partial charge in [0.2, 0.25) is 0 Å². The van der Waals surface area contributed by atoms with Crippen LogP contribution in [0.2, 0.25) is 0 Å². The first-order chi connectivity index (χ1) is 8.62. The maximum Gasteiger partial charge on any atom is 0.164 e. The van der Waals surface area contributed by atoms with Gasteiger partial charge in [-0.05, 0) is 26.7 Å². The van der Waals surface area contributed by atoms with Gasteiger partial charge in [-0.2, -0.15) is 0 Å². The van der Waals surface area contributed by atoms with Crippen LogP contribution in [0.5, 0.6) is 0 Å². The van der Waals surface area contributed by atoms with Crippen molar-refractivity contribution in [1.82, 2.24) is 0 Å². The fourth-order valence-electron chi connectivity index (χ4n) is 2.42. The molecule has 0 aliphatic carbocycles. The van der Waals surface area contributed by atoms with Crippen molar-refractivity contribution in [2.24, 2.45) is 0 Å². The number of rotatable bonds is 7. The number of unbranched alkanes of at least 4 members (excludes halogenated alkanes) is 4. The van der Waals surface area contributed by atoms with Crippen LogP contribution < -0.4 is 0 Å². The van der Waals surface area contributed by atoms with Gasteiger partial charge in [-0.1, -0.05) is 38.3 Å². The fourth-order valence-corrected chi connectivity index (χ4v) is 2.42. The van der Waals surface area contributed by atoms with Crippen molar-refractivity contribution in [3.63, 3.8) is 0 Å². The van der Waals surface area contributed by atoms with Crippen LogP contribution in [-0.4, -0.2) is 30.7 Å². The molecule has 3 nitrogen and oxygen atoms in total. The van der Waals surface area contributed by atoms with Gasteiger partial charge in [-0.3, -0.25) is 0 Å². The number of epoxide rings is 1. The Morgan fingerprint density at radius 1 is 1.17 bits per heavy atom. The highest BCUT2D eigenvalue weighted by Crippen LogP contribution is 2.35. The van der Waals surface area contributed by atoms with E-state index in [1.54, 1.807) is 0 Å². The van der Waals surface area contributed by atoms with Crippen LogP contribution in [0.1, 0.15) is 52.9 Å². The Morgan fingerprint density at radius 3 is 2.61 bits per heavy atom. The molecule has 0 saturated carbocycles. The molecule has 0 spiro atoms. The van der Waals surface area contributed by atoms with E-state index in [9.17, 15) is 0 Å². The lowest BCUT2D eigenvalue weighted by Gasteiger charge is -2.16. The van der Waals surface area contributed by atoms with Crippen molar-refractivity contribution in [2.45, 2.75) is 77.0 Å². The van der Waals surface area contributed by atoms with Crippen molar-refractivity contribution in [3.05, 3.63) is 12.2 Å². The van der Waals surface area contributed by atoms with Crippen LogP contribution in [0.3, 0.4) is 0 Å². The van der Waals surface area contributed by atoms with E-state index in [4.69, 9.17) is 14.2 Å². The molecule has 2 fully saturated rings. The summed E-state index contributed by atoms with van der Waals surface area (Å²) in [6.45, 7) is 6.99. The second-order valence-corrected chi connectivity index (χ2v) is 5.71. The van der Waals surface area contributed by atoms with Crippen molar-refractivity contribution in [3.8, 4) is 0 Å². The highest BCUT2D eigenvalue weighted by atomic mass is 16.8. The van der Waals surface area contributed by atoms with Crippen LogP contribution in [0.15, 0.2) is 12.2 Å². The Balaban J connectivity index is 1.74. The van der Waals surface area contributed by atoms with Crippen LogP contribution in [0.4, 0.5) is 0 Å². The summed E-state index contributed by atoms with van der Waals surface area (Å²) in [6, 6.07) is 0. The maximum atomic E-state index is 5.90. The molecular formula is C15H26O3. The van der Waals surface area contributed by atoms with Gasteiger partial charge in [-0.15, -0.1) is 0 Å². The number of ether oxygens (including phenoxy) is 3. The molecule has 0 radical (unpaired) electrons. The highest BCUT2D eigenvalue weighted by Gasteiger charge is 2.48. The van der Waals surface area contributed by atoms with Gasteiger partial charge in [0, 0.05) is 0 Å². The van der Waals surface area contributed by atoms with Gasteiger partial charge in [0.25, 0.3) is 0 Å². The van der Waals surface area contributed by atoms with Crippen LogP contribution in [0.25, 0.3) is 0 Å². The van der Waals surface area contributed by atoms with Gasteiger partial charge in [0.05, 0.1) is 6.61 Å². The predicted octanol–water partition coefficient (Wildman–Crippen LogP) is 3.43. The van der Waals surface area contributed by atoms with Gasteiger partial charge in [0.15, 0.2) is 5.79 Å². The van der Waals surface area contributed by atoms with Gasteiger partial charge < -0.3 is 14.2 Å². The third-order valence-corrected chi connectivity index (χ3v) is 3.44. The molecule has 104 valence electrons. The Kier molecular flexibility index (Phi) is 4.82. The van der Waals surface area contributed by atoms with Crippen molar-refractivity contribution >= 4 is 0 Å². The monoisotopic (exact) mass is 254 g/mol. The molecule has 0 aromatic rings. The molecule has 0 aromatic heterocycles. The van der Waals surface area contributed by atoms with E-state index in [0.29, 0.717) is 0 Å². The van der Waals surface area contributed by atoms with Crippen molar-refractivity contribution < 1.29 is 14.2 Å². The molecule has 18 heavy (non-hydrogen) atoms. The van der Waals surface area contributed by atoms with Gasteiger partial charge >= 0.3 is 0 Å². The lowest BCUT2D eigenvalue weighted by molar-refractivity contribution is -0.144. The summed E-state index contributed by atoms with van der Waals surface area (Å²) in [7, 11) is 0. The largest absolute Gasteiger partial charge is 0.370 e. The molecule has 2 rings (SSSR count). The summed E-state index contributed by atoms with van der Waals surface area (Å²) in [5.74, 6) is -0.478. The second kappa shape index (κ2) is 6.18. The molecule has 3 heteroatoms. The molecule has 0 amide bonds. The number of allylic oxidation sites excluding steroid dienone is 1. The van der Waals surface area contributed by atoms with Crippen molar-refractivity contribution in [1.29, 1.82) is 0 Å². The molecule has 0 unspecified atom stereocenters. The Morgan fingerprint density at radius 2 is 1.94 bits per heavy atom. The smallest absolute Gasteiger partial charge is 0.164 e. The molecule has 0 N–H and O–H groups in total. The third kappa shape index (κ3) is 4.08. The topological polar surface area (TPSA) is 31.0 Å². The van der Waals surface area contributed by atoms with Crippen LogP contribution in [-0.2, 0) is 14.2 Å². The molecule has 3 atom stereocenters. The van der Waals surface area contributed by atoms with E-state index in [0.717, 1.165) is 13.0 Å². The van der Waals surface area contributed by atoms with E-state index in [-0.39, 0.29) is 18.3 Å². The Bertz CT molecular complexity index is 281. The first kappa shape index (κ1) is 14.0. The minimum Gasteiger partial charge on any atom is -0.370 e. The SMILES string of the molecule is CCCCCC/C=C/[C@@H]1OC(C)(C)O[C@@H]1[C@H]1CO1. The first-order valence-electron chi connectivity index (χ1n) is 7.26. The predicted molar refractivity (Wildman–Crippen MR) is 71.5 cm³/mol. The summed E-state index contributed by atoms with van der Waals surface area (Å²) >= 11 is 0. The average Bonchev–Trinajstić information content (AvgIpc) is 3.09. The van der Waals surface area contributed by atoms with E-state index < -0.39 is 5.79 Å². The van der Waals surface area contributed by atoms with Gasteiger partial charge in [0.1, 0.15) is 18.3 Å². The normalized spacial score (nSPS) is 34.3. The lowest BCUT2D eigenvalue weighted by atomic mass is 10.1. The zero-order chi connectivity index (χ0) is 13.0. The fraction of sp³-hybridized carbons (Fsp3) is 0.867. The maximum absolute atomic E-state index is 5.90. The summed E-state index contributed by atoms with van der Waals surface area (Å²) in [6.07, 6.45) is 11.1. The standard InChI is InChI=1S/C15H26O3/c1-4-5-6-7-8-9-10-12-14(13-11-16-13)18-15(2,3)17-12/h9-10,12-14H,4-8,11H2,1-3H3/b10-9+/t12-,13+,14-/m0/s1. The quantitative estimate of drug-likeness (QED) is 0.396. The Labute approximate surface area is 110 Å². The average molecular weight is 254 g/mol. The van der Waals surface area contributed by atoms with E-state index in [2.05, 4.69) is 19.1 Å². The molecular weight excluding hydrogens is 228 g/mol. The third-order valence-electron chi connectivity index (χ3n) is 3.44. The molecule has 2 aliphatic rings. The second-order valence-electron chi connectivity index (χ2n) is 5.71. The molecule has 2 heterocycles. The summed E-state index contributed by atoms with van der Waals surface area (Å²) in [4.78, 5) is 0. The lowest BCUT2D eigenvalue weighted by Crippen LogP contribution is -2.26. The molecule has 2 saturated heterocycles. The number of hydrogen-bond acceptors (Lipinski definition) is 3. The van der Waals surface area contributed by atoms with Crippen molar-refractivity contribution in [2.75, 3.05) is 6.61 Å². The zero-order valence-corrected chi connectivity index (χ0v) is 11.9. The van der Waals surface area contributed by atoms with Crippen LogP contribution in [0, 0.1) is 0 Å². The minimum atomic E-state index is -0.478. The van der Waals surface area contributed by atoms with E-state index >= 15 is 0 Å². The summed E-state index contributed by atoms with van der Waals surface area (Å²) in [5.41, 5.74) is 0. The van der Waals surface area contributed by atoms with Gasteiger partial charge in [-0.25, -0.2) is 0 Å². The molecule has 0 bridgehead atoms. The minimum absolute atomic E-state index is 0.0543. The molecule has 0 aromatic carbocycles. The molecule has 2 aliphatic heterocycles. The van der Waals surface area contributed by atoms with Crippen LogP contribution >= 0.6 is 0 Å². The summed E-state index contributed by atoms with van der Waals surface area (Å²) < 4.78 is 17.1. The van der Waals surface area contributed by atoms with E-state index in [1.165, 1.54) is 25.7 Å². The first-order valence-corrected chi connectivity index (χ1v) is 7.26. The Hall–Kier alpha value is -0.380.